The molecule has 0 saturated carbocycles. The second-order valence-electron chi connectivity index (χ2n) is 6.21. The number of benzene rings is 1. The monoisotopic (exact) mass is 395 g/mol. The second kappa shape index (κ2) is 8.14. The van der Waals surface area contributed by atoms with Gasteiger partial charge >= 0.3 is 6.18 Å². The van der Waals surface area contributed by atoms with Gasteiger partial charge in [-0.1, -0.05) is 48.6 Å². The summed E-state index contributed by atoms with van der Waals surface area (Å²) in [5, 5.41) is 7.81. The van der Waals surface area contributed by atoms with E-state index in [4.69, 9.17) is 4.74 Å². The normalized spacial score (nSPS) is 12.9. The second-order valence-corrected chi connectivity index (χ2v) is 7.26. The van der Waals surface area contributed by atoms with Gasteiger partial charge in [0.05, 0.1) is 4.88 Å². The van der Waals surface area contributed by atoms with Gasteiger partial charge in [0, 0.05) is 13.6 Å². The molecule has 144 valence electrons. The fourth-order valence-electron chi connectivity index (χ4n) is 2.69. The average Bonchev–Trinajstić information content (AvgIpc) is 3.25. The van der Waals surface area contributed by atoms with Gasteiger partial charge in [-0.3, -0.25) is 10.00 Å². The Morgan fingerprint density at radius 2 is 1.93 bits per heavy atom. The van der Waals surface area contributed by atoms with E-state index in [1.165, 1.54) is 23.9 Å². The van der Waals surface area contributed by atoms with Gasteiger partial charge in [0.2, 0.25) is 0 Å². The number of alkyl halides is 3. The number of thiophene rings is 1. The fourth-order valence-corrected chi connectivity index (χ4v) is 3.50. The Morgan fingerprint density at radius 3 is 2.59 bits per heavy atom. The molecule has 0 aliphatic carbocycles. The Hall–Kier alpha value is -2.32. The molecule has 0 radical (unpaired) electrons. The van der Waals surface area contributed by atoms with E-state index in [2.05, 4.69) is 29.5 Å². The molecule has 0 fully saturated rings. The molecular weight excluding hydrogens is 375 g/mol. The van der Waals surface area contributed by atoms with Crippen LogP contribution in [0.25, 0.3) is 10.6 Å². The predicted octanol–water partition coefficient (Wildman–Crippen LogP) is 4.90. The van der Waals surface area contributed by atoms with Crippen LogP contribution in [0, 0.1) is 0 Å². The van der Waals surface area contributed by atoms with E-state index in [0.717, 1.165) is 17.3 Å². The van der Waals surface area contributed by atoms with E-state index in [9.17, 15) is 13.2 Å². The van der Waals surface area contributed by atoms with Crippen molar-refractivity contribution in [2.45, 2.75) is 19.0 Å². The molecule has 0 spiro atoms. The number of hydrogen-bond donors (Lipinski definition) is 1. The Balaban J connectivity index is 1.53. The first-order valence-corrected chi connectivity index (χ1v) is 9.26. The number of aryl methyl sites for hydroxylation is 1. The van der Waals surface area contributed by atoms with Crippen LogP contribution in [0.1, 0.15) is 24.1 Å². The van der Waals surface area contributed by atoms with Crippen LogP contribution >= 0.6 is 11.3 Å². The lowest BCUT2D eigenvalue weighted by molar-refractivity contribution is -0.143. The van der Waals surface area contributed by atoms with Gasteiger partial charge in [-0.25, -0.2) is 0 Å². The summed E-state index contributed by atoms with van der Waals surface area (Å²) in [6.45, 7) is 3.22. The van der Waals surface area contributed by atoms with Crippen LogP contribution in [0.15, 0.2) is 48.5 Å². The molecule has 3 rings (SSSR count). The minimum absolute atomic E-state index is 0.287. The number of rotatable bonds is 7. The van der Waals surface area contributed by atoms with E-state index < -0.39 is 11.9 Å². The van der Waals surface area contributed by atoms with Crippen molar-refractivity contribution in [1.29, 1.82) is 0 Å². The molecule has 2 heterocycles. The summed E-state index contributed by atoms with van der Waals surface area (Å²) < 4.78 is 45.2. The molecule has 0 saturated heterocycles. The van der Waals surface area contributed by atoms with E-state index in [0.29, 0.717) is 22.6 Å². The summed E-state index contributed by atoms with van der Waals surface area (Å²) in [6, 6.07) is 14.7. The molecule has 1 N–H and O–H groups in total. The van der Waals surface area contributed by atoms with Crippen LogP contribution in [0.5, 0.6) is 5.06 Å². The first-order valence-electron chi connectivity index (χ1n) is 8.44. The van der Waals surface area contributed by atoms with Crippen LogP contribution in [0.3, 0.4) is 0 Å². The van der Waals surface area contributed by atoms with Gasteiger partial charge in [-0.05, 0) is 29.7 Å². The molecule has 0 aliphatic rings. The highest BCUT2D eigenvalue weighted by Gasteiger charge is 2.35. The van der Waals surface area contributed by atoms with Gasteiger partial charge in [0.15, 0.2) is 5.06 Å². The van der Waals surface area contributed by atoms with Crippen molar-refractivity contribution in [3.8, 4) is 15.6 Å². The Bertz CT molecular complexity index is 874. The molecule has 0 aliphatic heterocycles. The summed E-state index contributed by atoms with van der Waals surface area (Å²) in [4.78, 5) is 0.633. The smallest absolute Gasteiger partial charge is 0.433 e. The third-order valence-electron chi connectivity index (χ3n) is 4.14. The zero-order valence-corrected chi connectivity index (χ0v) is 15.8. The van der Waals surface area contributed by atoms with Gasteiger partial charge in [-0.15, -0.1) is 0 Å². The number of nitrogens with one attached hydrogen (secondary N) is 1. The van der Waals surface area contributed by atoms with Crippen molar-refractivity contribution < 1.29 is 17.9 Å². The lowest BCUT2D eigenvalue weighted by Gasteiger charge is -2.13. The van der Waals surface area contributed by atoms with Crippen molar-refractivity contribution in [3.05, 3.63) is 59.8 Å². The van der Waals surface area contributed by atoms with E-state index in [1.54, 1.807) is 12.1 Å². The maximum absolute atomic E-state index is 12.9. The largest absolute Gasteiger partial charge is 0.469 e. The van der Waals surface area contributed by atoms with Crippen LogP contribution in [0.4, 0.5) is 13.2 Å². The molecule has 4 nitrogen and oxygen atoms in total. The molecular formula is C19H20F3N3OS. The quantitative estimate of drug-likeness (QED) is 0.457. The zero-order valence-electron chi connectivity index (χ0n) is 15.0. The molecule has 27 heavy (non-hydrogen) atoms. The van der Waals surface area contributed by atoms with Crippen LogP contribution < -0.4 is 10.1 Å². The molecule has 3 aromatic rings. The summed E-state index contributed by atoms with van der Waals surface area (Å²) in [7, 11) is 1.29. The summed E-state index contributed by atoms with van der Waals surface area (Å²) >= 11 is 1.27. The van der Waals surface area contributed by atoms with E-state index in [-0.39, 0.29) is 5.69 Å². The minimum Gasteiger partial charge on any atom is -0.469 e. The number of aromatic nitrogens is 2. The molecule has 0 amide bonds. The number of halogens is 3. The maximum Gasteiger partial charge on any atom is 0.433 e. The van der Waals surface area contributed by atoms with Crippen molar-refractivity contribution in [2.75, 3.05) is 13.3 Å². The average molecular weight is 395 g/mol. The van der Waals surface area contributed by atoms with E-state index in [1.807, 2.05) is 18.2 Å². The van der Waals surface area contributed by atoms with Crippen LogP contribution in [0.2, 0.25) is 0 Å². The standard InChI is InChI=1S/C19H20F3N3OS/c1-13(14-6-4-3-5-7-14)11-23-12-26-18-9-8-16(27-18)15-10-17(19(20,21)22)25(2)24-15/h3-10,13,23H,11-12H2,1-2H3/t13-/m1/s1. The van der Waals surface area contributed by atoms with Crippen LogP contribution in [-0.4, -0.2) is 23.1 Å². The van der Waals surface area contributed by atoms with Gasteiger partial charge < -0.3 is 4.74 Å². The first-order chi connectivity index (χ1) is 12.8. The van der Waals surface area contributed by atoms with Crippen LogP contribution in [-0.2, 0) is 13.2 Å². The highest BCUT2D eigenvalue weighted by molar-refractivity contribution is 7.17. The lowest BCUT2D eigenvalue weighted by Crippen LogP contribution is -2.24. The van der Waals surface area contributed by atoms with Crippen molar-refractivity contribution in [1.82, 2.24) is 15.1 Å². The molecule has 2 aromatic heterocycles. The molecule has 0 unspecified atom stereocenters. The Labute approximate surface area is 159 Å². The Kier molecular flexibility index (Phi) is 5.86. The van der Waals surface area contributed by atoms with Crippen molar-refractivity contribution in [3.63, 3.8) is 0 Å². The summed E-state index contributed by atoms with van der Waals surface area (Å²) in [5.74, 6) is 0.350. The minimum atomic E-state index is -4.42. The summed E-state index contributed by atoms with van der Waals surface area (Å²) in [5.41, 5.74) is 0.763. The first kappa shape index (κ1) is 19.4. The van der Waals surface area contributed by atoms with Gasteiger partial charge in [-0.2, -0.15) is 18.3 Å². The third kappa shape index (κ3) is 4.90. The number of hydrogen-bond acceptors (Lipinski definition) is 4. The molecule has 1 aromatic carbocycles. The lowest BCUT2D eigenvalue weighted by atomic mass is 10.0. The zero-order chi connectivity index (χ0) is 19.4. The summed E-state index contributed by atoms with van der Waals surface area (Å²) in [6.07, 6.45) is -4.42. The van der Waals surface area contributed by atoms with E-state index >= 15 is 0 Å². The van der Waals surface area contributed by atoms with Crippen molar-refractivity contribution in [2.24, 2.45) is 7.05 Å². The predicted molar refractivity (Wildman–Crippen MR) is 99.9 cm³/mol. The maximum atomic E-state index is 12.9. The number of ether oxygens (including phenoxy) is 1. The molecule has 8 heteroatoms. The Morgan fingerprint density at radius 1 is 1.19 bits per heavy atom. The van der Waals surface area contributed by atoms with Gasteiger partial charge in [0.1, 0.15) is 18.1 Å². The highest BCUT2D eigenvalue weighted by atomic mass is 32.1. The van der Waals surface area contributed by atoms with Crippen molar-refractivity contribution >= 4 is 11.3 Å². The van der Waals surface area contributed by atoms with Gasteiger partial charge in [0.25, 0.3) is 0 Å². The highest BCUT2D eigenvalue weighted by Crippen LogP contribution is 2.36. The topological polar surface area (TPSA) is 39.1 Å². The molecule has 0 bridgehead atoms. The number of nitrogens with zero attached hydrogens (tertiary/aromatic N) is 2. The fraction of sp³-hybridized carbons (Fsp3) is 0.316. The SMILES string of the molecule is C[C@H](CNCOc1ccc(-c2cc(C(F)(F)F)n(C)n2)s1)c1ccccc1. The third-order valence-corrected chi connectivity index (χ3v) is 5.16. The molecule has 1 atom stereocenters.